The summed E-state index contributed by atoms with van der Waals surface area (Å²) in [5, 5.41) is 0. The van der Waals surface area contributed by atoms with E-state index < -0.39 is 5.79 Å². The Labute approximate surface area is 229 Å². The molecule has 0 amide bonds. The highest BCUT2D eigenvalue weighted by Crippen LogP contribution is 2.42. The third-order valence-corrected chi connectivity index (χ3v) is 8.16. The minimum atomic E-state index is -0.942. The van der Waals surface area contributed by atoms with Crippen molar-refractivity contribution in [2.75, 3.05) is 0 Å². The van der Waals surface area contributed by atoms with E-state index in [1.54, 1.807) is 0 Å². The smallest absolute Gasteiger partial charge is 0.339 e. The monoisotopic (exact) mass is 520 g/mol. The second kappa shape index (κ2) is 20.1. The molecule has 2 heterocycles. The van der Waals surface area contributed by atoms with Crippen LogP contribution in [0.25, 0.3) is 0 Å². The van der Waals surface area contributed by atoms with Gasteiger partial charge in [-0.25, -0.2) is 4.79 Å². The third kappa shape index (κ3) is 13.2. The van der Waals surface area contributed by atoms with Crippen molar-refractivity contribution in [3.63, 3.8) is 0 Å². The number of allylic oxidation sites excluding steroid dienone is 1. The molecule has 2 aliphatic rings. The molecule has 2 fully saturated rings. The van der Waals surface area contributed by atoms with Gasteiger partial charge in [0, 0.05) is 6.92 Å². The first-order valence-corrected chi connectivity index (χ1v) is 16.4. The molecule has 0 aromatic carbocycles. The van der Waals surface area contributed by atoms with Crippen LogP contribution in [0.5, 0.6) is 0 Å². The van der Waals surface area contributed by atoms with Gasteiger partial charge in [-0.1, -0.05) is 148 Å². The lowest BCUT2D eigenvalue weighted by molar-refractivity contribution is -0.206. The van der Waals surface area contributed by atoms with Crippen molar-refractivity contribution in [1.82, 2.24) is 0 Å². The van der Waals surface area contributed by atoms with Crippen LogP contribution >= 0.6 is 0 Å². The quantitative estimate of drug-likeness (QED) is 0.0721. The van der Waals surface area contributed by atoms with Crippen LogP contribution in [-0.2, 0) is 19.0 Å². The van der Waals surface area contributed by atoms with E-state index in [1.165, 1.54) is 128 Å². The summed E-state index contributed by atoms with van der Waals surface area (Å²) in [5.41, 5.74) is 0.677. The summed E-state index contributed by atoms with van der Waals surface area (Å²) in [7, 11) is 0. The van der Waals surface area contributed by atoms with E-state index in [0.29, 0.717) is 5.57 Å². The van der Waals surface area contributed by atoms with Crippen molar-refractivity contribution in [3.8, 4) is 0 Å². The number of hydrogen-bond acceptors (Lipinski definition) is 4. The number of unbranched alkanes of at least 4 members (excludes halogenated alkanes) is 21. The third-order valence-electron chi connectivity index (χ3n) is 8.16. The van der Waals surface area contributed by atoms with Gasteiger partial charge in [0.25, 0.3) is 0 Å². The SMILES string of the molecule is CCCCCCCCCCCCC/C=C1/C(=O)O[C@@]2(C)O[C@@H](CCCCCCCCCCCCC)O[C@@H]12. The number of hydrogen-bond donors (Lipinski definition) is 0. The van der Waals surface area contributed by atoms with Gasteiger partial charge in [0.1, 0.15) is 0 Å². The first-order valence-electron chi connectivity index (χ1n) is 16.4. The van der Waals surface area contributed by atoms with Gasteiger partial charge in [0.2, 0.25) is 5.79 Å². The first kappa shape index (κ1) is 32.3. The number of ether oxygens (including phenoxy) is 3. The molecule has 0 bridgehead atoms. The van der Waals surface area contributed by atoms with Gasteiger partial charge in [-0.05, 0) is 25.7 Å². The Kier molecular flexibility index (Phi) is 17.6. The molecule has 4 nitrogen and oxygen atoms in total. The summed E-state index contributed by atoms with van der Waals surface area (Å²) in [6, 6.07) is 0. The van der Waals surface area contributed by atoms with Gasteiger partial charge in [0.15, 0.2) is 12.4 Å². The normalized spacial score (nSPS) is 24.2. The second-order valence-electron chi connectivity index (χ2n) is 11.8. The summed E-state index contributed by atoms with van der Waals surface area (Å²) in [4.78, 5) is 12.4. The van der Waals surface area contributed by atoms with E-state index >= 15 is 0 Å². The number of carbonyl (C=O) groups excluding carboxylic acids is 1. The van der Waals surface area contributed by atoms with Crippen LogP contribution in [0.15, 0.2) is 11.6 Å². The van der Waals surface area contributed by atoms with Crippen LogP contribution in [0, 0.1) is 0 Å². The molecule has 4 heteroatoms. The molecular formula is C33H60O4. The Morgan fingerprint density at radius 1 is 0.649 bits per heavy atom. The highest BCUT2D eigenvalue weighted by Gasteiger charge is 2.58. The van der Waals surface area contributed by atoms with E-state index in [9.17, 15) is 4.79 Å². The van der Waals surface area contributed by atoms with Crippen molar-refractivity contribution in [3.05, 3.63) is 11.6 Å². The van der Waals surface area contributed by atoms with Crippen LogP contribution < -0.4 is 0 Å². The van der Waals surface area contributed by atoms with E-state index in [0.717, 1.165) is 25.7 Å². The molecule has 0 saturated carbocycles. The van der Waals surface area contributed by atoms with Gasteiger partial charge < -0.3 is 14.2 Å². The van der Waals surface area contributed by atoms with E-state index in [2.05, 4.69) is 19.9 Å². The molecule has 0 aromatic heterocycles. The summed E-state index contributed by atoms with van der Waals surface area (Å²) in [6.07, 6.45) is 32.5. The average molecular weight is 521 g/mol. The molecule has 0 spiro atoms. The lowest BCUT2D eigenvalue weighted by Gasteiger charge is -2.19. The summed E-state index contributed by atoms with van der Waals surface area (Å²) in [6.45, 7) is 6.41. The first-order chi connectivity index (χ1) is 18.1. The zero-order valence-corrected chi connectivity index (χ0v) is 24.8. The Balaban J connectivity index is 1.51. The van der Waals surface area contributed by atoms with Crippen molar-refractivity contribution in [1.29, 1.82) is 0 Å². The largest absolute Gasteiger partial charge is 0.427 e. The summed E-state index contributed by atoms with van der Waals surface area (Å²) < 4.78 is 17.9. The Morgan fingerprint density at radius 2 is 1.08 bits per heavy atom. The minimum absolute atomic E-state index is 0.257. The lowest BCUT2D eigenvalue weighted by atomic mass is 10.0. The Morgan fingerprint density at radius 3 is 1.57 bits per heavy atom. The minimum Gasteiger partial charge on any atom is -0.427 e. The van der Waals surface area contributed by atoms with Crippen molar-refractivity contribution in [2.24, 2.45) is 0 Å². The molecule has 0 aliphatic carbocycles. The Bertz CT molecular complexity index is 615. The van der Waals surface area contributed by atoms with Gasteiger partial charge in [-0.3, -0.25) is 0 Å². The van der Waals surface area contributed by atoms with Crippen LogP contribution in [0.1, 0.15) is 175 Å². The van der Waals surface area contributed by atoms with Crippen molar-refractivity contribution >= 4 is 5.97 Å². The molecule has 3 atom stereocenters. The summed E-state index contributed by atoms with van der Waals surface area (Å²) >= 11 is 0. The molecule has 0 N–H and O–H groups in total. The van der Waals surface area contributed by atoms with E-state index in [1.807, 2.05) is 6.92 Å². The van der Waals surface area contributed by atoms with Crippen molar-refractivity contribution < 1.29 is 19.0 Å². The van der Waals surface area contributed by atoms with Crippen molar-refractivity contribution in [2.45, 2.75) is 193 Å². The maximum Gasteiger partial charge on any atom is 0.339 e. The molecule has 0 unspecified atom stereocenters. The fraction of sp³-hybridized carbons (Fsp3) is 0.909. The average Bonchev–Trinajstić information content (AvgIpc) is 3.31. The molecule has 216 valence electrons. The van der Waals surface area contributed by atoms with Crippen LogP contribution in [0.4, 0.5) is 0 Å². The lowest BCUT2D eigenvalue weighted by Crippen LogP contribution is -2.33. The molecule has 2 rings (SSSR count). The van der Waals surface area contributed by atoms with Crippen LogP contribution in [0.3, 0.4) is 0 Å². The number of rotatable bonds is 24. The molecule has 37 heavy (non-hydrogen) atoms. The van der Waals surface area contributed by atoms with Gasteiger partial charge in [-0.15, -0.1) is 0 Å². The van der Waals surface area contributed by atoms with E-state index in [4.69, 9.17) is 14.2 Å². The highest BCUT2D eigenvalue weighted by atomic mass is 16.8. The van der Waals surface area contributed by atoms with Crippen LogP contribution in [0.2, 0.25) is 0 Å². The predicted molar refractivity (Wildman–Crippen MR) is 154 cm³/mol. The highest BCUT2D eigenvalue weighted by molar-refractivity contribution is 5.92. The molecular weight excluding hydrogens is 460 g/mol. The zero-order chi connectivity index (χ0) is 26.6. The zero-order valence-electron chi connectivity index (χ0n) is 24.8. The Hall–Kier alpha value is -0.870. The predicted octanol–water partition coefficient (Wildman–Crippen LogP) is 10.3. The molecule has 2 saturated heterocycles. The fourth-order valence-corrected chi connectivity index (χ4v) is 5.77. The number of esters is 1. The number of carbonyl (C=O) groups is 1. The standard InChI is InChI=1S/C33H60O4/c1-4-6-8-10-12-14-16-18-19-21-23-25-27-29-31-33(3,37-32(29)34)36-30(35-31)28-26-24-22-20-17-15-13-11-9-7-5-2/h27,30-31H,4-26,28H2,1-3H3/b29-27+/t30-,31-,33+/m0/s1. The van der Waals surface area contributed by atoms with Gasteiger partial charge in [0.05, 0.1) is 5.57 Å². The van der Waals surface area contributed by atoms with Crippen LogP contribution in [-0.4, -0.2) is 24.2 Å². The fourth-order valence-electron chi connectivity index (χ4n) is 5.77. The van der Waals surface area contributed by atoms with Gasteiger partial charge in [-0.2, -0.15) is 0 Å². The summed E-state index contributed by atoms with van der Waals surface area (Å²) in [5.74, 6) is -1.20. The molecule has 0 radical (unpaired) electrons. The maximum atomic E-state index is 12.4. The van der Waals surface area contributed by atoms with Gasteiger partial charge >= 0.3 is 5.97 Å². The molecule has 0 aromatic rings. The molecule has 2 aliphatic heterocycles. The maximum absolute atomic E-state index is 12.4. The second-order valence-corrected chi connectivity index (χ2v) is 11.8. The van der Waals surface area contributed by atoms with E-state index in [-0.39, 0.29) is 18.4 Å². The number of fused-ring (bicyclic) bond motifs is 1. The topological polar surface area (TPSA) is 44.8 Å².